The SMILES string of the molecule is CC1CC(NC(CNC(=O)OC(C)(C)C)C(C)C)CS1. The van der Waals surface area contributed by atoms with Gasteiger partial charge in [-0.05, 0) is 33.1 Å². The van der Waals surface area contributed by atoms with E-state index in [9.17, 15) is 4.79 Å². The molecule has 1 amide bonds. The number of nitrogens with one attached hydrogen (secondary N) is 2. The van der Waals surface area contributed by atoms with E-state index in [0.717, 1.165) is 11.0 Å². The summed E-state index contributed by atoms with van der Waals surface area (Å²) in [7, 11) is 0. The quantitative estimate of drug-likeness (QED) is 0.819. The summed E-state index contributed by atoms with van der Waals surface area (Å²) in [6.07, 6.45) is 0.875. The lowest BCUT2D eigenvalue weighted by Gasteiger charge is -2.27. The summed E-state index contributed by atoms with van der Waals surface area (Å²) in [5.74, 6) is 1.64. The predicted octanol–water partition coefficient (Wildman–Crippen LogP) is 3.02. The summed E-state index contributed by atoms with van der Waals surface area (Å²) in [5, 5.41) is 7.28. The van der Waals surface area contributed by atoms with Gasteiger partial charge in [0.2, 0.25) is 0 Å². The molecule has 2 N–H and O–H groups in total. The smallest absolute Gasteiger partial charge is 0.407 e. The fourth-order valence-corrected chi connectivity index (χ4v) is 3.39. The van der Waals surface area contributed by atoms with Crippen LogP contribution in [0.2, 0.25) is 0 Å². The van der Waals surface area contributed by atoms with Crippen LogP contribution in [-0.2, 0) is 4.74 Å². The highest BCUT2D eigenvalue weighted by molar-refractivity contribution is 8.00. The second kappa shape index (κ2) is 7.55. The molecule has 0 radical (unpaired) electrons. The Bertz CT molecular complexity index is 315. The number of carbonyl (C=O) groups excluding carboxylic acids is 1. The van der Waals surface area contributed by atoms with Gasteiger partial charge >= 0.3 is 6.09 Å². The van der Waals surface area contributed by atoms with Gasteiger partial charge in [0.05, 0.1) is 0 Å². The maximum atomic E-state index is 11.7. The van der Waals surface area contributed by atoms with Crippen LogP contribution in [0.3, 0.4) is 0 Å². The molecule has 1 rings (SSSR count). The zero-order chi connectivity index (χ0) is 15.3. The molecule has 1 heterocycles. The number of thioether (sulfide) groups is 1. The van der Waals surface area contributed by atoms with Crippen molar-refractivity contribution in [1.29, 1.82) is 0 Å². The summed E-state index contributed by atoms with van der Waals surface area (Å²) in [5.41, 5.74) is -0.442. The summed E-state index contributed by atoms with van der Waals surface area (Å²) in [6.45, 7) is 12.9. The van der Waals surface area contributed by atoms with Gasteiger partial charge in [-0.1, -0.05) is 20.8 Å². The Balaban J connectivity index is 2.37. The van der Waals surface area contributed by atoms with Gasteiger partial charge in [-0.15, -0.1) is 0 Å². The third kappa shape index (κ3) is 6.84. The van der Waals surface area contributed by atoms with Crippen LogP contribution in [-0.4, -0.2) is 41.3 Å². The highest BCUT2D eigenvalue weighted by atomic mass is 32.2. The molecule has 5 heteroatoms. The van der Waals surface area contributed by atoms with Gasteiger partial charge < -0.3 is 15.4 Å². The van der Waals surface area contributed by atoms with Crippen LogP contribution in [0.4, 0.5) is 4.79 Å². The molecule has 0 aromatic rings. The van der Waals surface area contributed by atoms with Crippen LogP contribution < -0.4 is 10.6 Å². The van der Waals surface area contributed by atoms with Crippen molar-refractivity contribution in [2.24, 2.45) is 5.92 Å². The van der Waals surface area contributed by atoms with Crippen molar-refractivity contribution in [3.63, 3.8) is 0 Å². The Kier molecular flexibility index (Phi) is 6.65. The largest absolute Gasteiger partial charge is 0.444 e. The highest BCUT2D eigenvalue weighted by Gasteiger charge is 2.26. The number of amides is 1. The maximum Gasteiger partial charge on any atom is 0.407 e. The lowest BCUT2D eigenvalue weighted by Crippen LogP contribution is -2.49. The molecule has 3 atom stereocenters. The van der Waals surface area contributed by atoms with Crippen LogP contribution in [0, 0.1) is 5.92 Å². The first-order valence-corrected chi connectivity index (χ1v) is 8.56. The van der Waals surface area contributed by atoms with Crippen LogP contribution in [0.15, 0.2) is 0 Å². The number of hydrogen-bond acceptors (Lipinski definition) is 4. The number of ether oxygens (including phenoxy) is 1. The van der Waals surface area contributed by atoms with E-state index in [2.05, 4.69) is 31.4 Å². The van der Waals surface area contributed by atoms with Crippen molar-refractivity contribution in [3.05, 3.63) is 0 Å². The minimum Gasteiger partial charge on any atom is -0.444 e. The lowest BCUT2D eigenvalue weighted by molar-refractivity contribution is 0.0518. The Morgan fingerprint density at radius 3 is 2.50 bits per heavy atom. The van der Waals surface area contributed by atoms with E-state index in [1.54, 1.807) is 0 Å². The first-order valence-electron chi connectivity index (χ1n) is 7.52. The van der Waals surface area contributed by atoms with Gasteiger partial charge in [0, 0.05) is 29.6 Å². The summed E-state index contributed by atoms with van der Waals surface area (Å²) < 4.78 is 5.27. The Labute approximate surface area is 127 Å². The third-order valence-corrected chi connectivity index (χ3v) is 4.67. The van der Waals surface area contributed by atoms with Crippen molar-refractivity contribution in [3.8, 4) is 0 Å². The lowest BCUT2D eigenvalue weighted by atomic mass is 10.0. The normalized spacial score (nSPS) is 24.8. The fourth-order valence-electron chi connectivity index (χ4n) is 2.23. The average Bonchev–Trinajstić information content (AvgIpc) is 2.67. The number of rotatable bonds is 5. The van der Waals surface area contributed by atoms with Crippen molar-refractivity contribution >= 4 is 17.9 Å². The van der Waals surface area contributed by atoms with E-state index in [0.29, 0.717) is 24.5 Å². The number of hydrogen-bond donors (Lipinski definition) is 2. The average molecular weight is 302 g/mol. The summed E-state index contributed by atoms with van der Waals surface area (Å²) in [6, 6.07) is 0.848. The topological polar surface area (TPSA) is 50.4 Å². The number of alkyl carbamates (subject to hydrolysis) is 1. The molecular weight excluding hydrogens is 272 g/mol. The first-order chi connectivity index (χ1) is 9.17. The van der Waals surface area contributed by atoms with E-state index < -0.39 is 5.60 Å². The Hall–Kier alpha value is -0.420. The van der Waals surface area contributed by atoms with Gasteiger partial charge in [-0.2, -0.15) is 11.8 Å². The van der Waals surface area contributed by atoms with E-state index in [4.69, 9.17) is 4.74 Å². The molecule has 3 unspecified atom stereocenters. The molecule has 0 saturated carbocycles. The molecule has 0 aliphatic carbocycles. The van der Waals surface area contributed by atoms with Crippen molar-refractivity contribution in [1.82, 2.24) is 10.6 Å². The van der Waals surface area contributed by atoms with E-state index in [1.165, 1.54) is 6.42 Å². The Morgan fingerprint density at radius 1 is 1.40 bits per heavy atom. The Morgan fingerprint density at radius 2 is 2.05 bits per heavy atom. The monoisotopic (exact) mass is 302 g/mol. The molecule has 118 valence electrons. The second-order valence-electron chi connectivity index (χ2n) is 6.98. The standard InChI is InChI=1S/C15H30N2O2S/c1-10(2)13(17-12-7-11(3)20-9-12)8-16-14(18)19-15(4,5)6/h10-13,17H,7-9H2,1-6H3,(H,16,18). The molecule has 0 spiro atoms. The van der Waals surface area contributed by atoms with Crippen molar-refractivity contribution in [2.75, 3.05) is 12.3 Å². The molecule has 4 nitrogen and oxygen atoms in total. The van der Waals surface area contributed by atoms with Crippen LogP contribution in [0.25, 0.3) is 0 Å². The predicted molar refractivity (Wildman–Crippen MR) is 86.3 cm³/mol. The second-order valence-corrected chi connectivity index (χ2v) is 8.45. The molecule has 1 saturated heterocycles. The van der Waals surface area contributed by atoms with Crippen molar-refractivity contribution in [2.45, 2.75) is 70.9 Å². The molecule has 1 aliphatic heterocycles. The molecule has 0 aromatic heterocycles. The van der Waals surface area contributed by atoms with Gasteiger partial charge in [-0.25, -0.2) is 4.79 Å². The van der Waals surface area contributed by atoms with Crippen LogP contribution in [0.5, 0.6) is 0 Å². The van der Waals surface area contributed by atoms with Gasteiger partial charge in [0.1, 0.15) is 5.60 Å². The van der Waals surface area contributed by atoms with E-state index in [-0.39, 0.29) is 6.09 Å². The van der Waals surface area contributed by atoms with Gasteiger partial charge in [0.25, 0.3) is 0 Å². The van der Waals surface area contributed by atoms with E-state index in [1.807, 2.05) is 32.5 Å². The van der Waals surface area contributed by atoms with Gasteiger partial charge in [0.15, 0.2) is 0 Å². The van der Waals surface area contributed by atoms with E-state index >= 15 is 0 Å². The molecule has 0 bridgehead atoms. The minimum atomic E-state index is -0.442. The van der Waals surface area contributed by atoms with Gasteiger partial charge in [-0.3, -0.25) is 0 Å². The summed E-state index contributed by atoms with van der Waals surface area (Å²) >= 11 is 2.02. The molecule has 0 aromatic carbocycles. The molecule has 1 fully saturated rings. The molecular formula is C15H30N2O2S. The highest BCUT2D eigenvalue weighted by Crippen LogP contribution is 2.26. The zero-order valence-electron chi connectivity index (χ0n) is 13.7. The minimum absolute atomic E-state index is 0.290. The third-order valence-electron chi connectivity index (χ3n) is 3.32. The van der Waals surface area contributed by atoms with Crippen molar-refractivity contribution < 1.29 is 9.53 Å². The van der Waals surface area contributed by atoms with Crippen LogP contribution in [0.1, 0.15) is 48.0 Å². The number of carbonyl (C=O) groups is 1. The zero-order valence-corrected chi connectivity index (χ0v) is 14.5. The maximum absolute atomic E-state index is 11.7. The molecule has 1 aliphatic rings. The summed E-state index contributed by atoms with van der Waals surface area (Å²) in [4.78, 5) is 11.7. The first kappa shape index (κ1) is 17.6. The molecule has 20 heavy (non-hydrogen) atoms. The van der Waals surface area contributed by atoms with Crippen LogP contribution >= 0.6 is 11.8 Å². The fraction of sp³-hybridized carbons (Fsp3) is 0.933.